The first-order chi connectivity index (χ1) is 13.6. The van der Waals surface area contributed by atoms with Crippen molar-refractivity contribution < 1.29 is 4.79 Å². The summed E-state index contributed by atoms with van der Waals surface area (Å²) in [5.41, 5.74) is 2.58. The molecule has 0 unspecified atom stereocenters. The highest BCUT2D eigenvalue weighted by Gasteiger charge is 2.23. The van der Waals surface area contributed by atoms with Crippen molar-refractivity contribution >= 4 is 33.3 Å². The predicted octanol–water partition coefficient (Wildman–Crippen LogP) is 4.20. The summed E-state index contributed by atoms with van der Waals surface area (Å²) in [6.07, 6.45) is 4.82. The van der Waals surface area contributed by atoms with Crippen molar-refractivity contribution in [3.8, 4) is 0 Å². The Morgan fingerprint density at radius 3 is 2.68 bits per heavy atom. The molecule has 6 heteroatoms. The minimum Gasteiger partial charge on any atom is -0.360 e. The lowest BCUT2D eigenvalue weighted by molar-refractivity contribution is -0.130. The first-order valence-electron chi connectivity index (χ1n) is 9.88. The Morgan fingerprint density at radius 1 is 1.18 bits per heavy atom. The number of anilines is 1. The van der Waals surface area contributed by atoms with Gasteiger partial charge in [0.05, 0.1) is 11.9 Å². The summed E-state index contributed by atoms with van der Waals surface area (Å²) in [5.74, 6) is 1.58. The molecule has 5 nitrogen and oxygen atoms in total. The smallest absolute Gasteiger partial charge is 0.241 e. The molecule has 0 radical (unpaired) electrons. The number of hydrogen-bond acceptors (Lipinski definition) is 5. The van der Waals surface area contributed by atoms with Gasteiger partial charge >= 0.3 is 0 Å². The molecule has 1 N–H and O–H groups in total. The largest absolute Gasteiger partial charge is 0.360 e. The van der Waals surface area contributed by atoms with Crippen LogP contribution in [0.15, 0.2) is 36.7 Å². The fraction of sp³-hybridized carbons (Fsp3) is 0.409. The zero-order valence-corrected chi connectivity index (χ0v) is 17.3. The van der Waals surface area contributed by atoms with Crippen LogP contribution in [0.25, 0.3) is 10.2 Å². The zero-order valence-electron chi connectivity index (χ0n) is 16.4. The van der Waals surface area contributed by atoms with E-state index in [9.17, 15) is 4.79 Å². The average molecular weight is 395 g/mol. The van der Waals surface area contributed by atoms with Crippen LogP contribution in [0.1, 0.15) is 28.8 Å². The van der Waals surface area contributed by atoms with Crippen LogP contribution in [0, 0.1) is 19.8 Å². The van der Waals surface area contributed by atoms with Gasteiger partial charge in [0.25, 0.3) is 0 Å². The minimum atomic E-state index is 0.148. The fourth-order valence-electron chi connectivity index (χ4n) is 3.92. The summed E-state index contributed by atoms with van der Waals surface area (Å²) in [6, 6.07) is 10.6. The molecular formula is C22H26N4OS. The van der Waals surface area contributed by atoms with Crippen LogP contribution in [-0.4, -0.2) is 40.4 Å². The van der Waals surface area contributed by atoms with Gasteiger partial charge in [-0.1, -0.05) is 30.3 Å². The van der Waals surface area contributed by atoms with E-state index >= 15 is 0 Å². The third-order valence-electron chi connectivity index (χ3n) is 5.71. The molecule has 28 heavy (non-hydrogen) atoms. The second-order valence-electron chi connectivity index (χ2n) is 7.55. The molecular weight excluding hydrogens is 368 g/mol. The maximum Gasteiger partial charge on any atom is 0.241 e. The highest BCUT2D eigenvalue weighted by Crippen LogP contribution is 2.32. The summed E-state index contributed by atoms with van der Waals surface area (Å²) in [6.45, 7) is 6.14. The van der Waals surface area contributed by atoms with Gasteiger partial charge in [-0.25, -0.2) is 9.97 Å². The van der Waals surface area contributed by atoms with E-state index in [0.29, 0.717) is 5.92 Å². The number of aromatic nitrogens is 2. The average Bonchev–Trinajstić information content (AvgIpc) is 3.02. The number of carbonyl (C=O) groups is 1. The monoisotopic (exact) mass is 394 g/mol. The summed E-state index contributed by atoms with van der Waals surface area (Å²) in [5, 5.41) is 4.30. The van der Waals surface area contributed by atoms with Crippen LogP contribution >= 0.6 is 11.3 Å². The molecule has 1 saturated heterocycles. The molecule has 2 aromatic heterocycles. The number of nitrogens with one attached hydrogen (secondary N) is 1. The Bertz CT molecular complexity index is 961. The van der Waals surface area contributed by atoms with Crippen molar-refractivity contribution in [2.45, 2.75) is 33.1 Å². The van der Waals surface area contributed by atoms with Crippen LogP contribution in [-0.2, 0) is 11.2 Å². The van der Waals surface area contributed by atoms with Crippen LogP contribution in [0.2, 0.25) is 0 Å². The number of fused-ring (bicyclic) bond motifs is 1. The van der Waals surface area contributed by atoms with Crippen LogP contribution < -0.4 is 5.32 Å². The van der Waals surface area contributed by atoms with Crippen molar-refractivity contribution in [3.63, 3.8) is 0 Å². The van der Waals surface area contributed by atoms with E-state index in [1.54, 1.807) is 17.7 Å². The Hall–Kier alpha value is -2.47. The molecule has 1 aromatic carbocycles. The van der Waals surface area contributed by atoms with Gasteiger partial charge in [-0.15, -0.1) is 11.3 Å². The van der Waals surface area contributed by atoms with Crippen molar-refractivity contribution in [1.82, 2.24) is 14.9 Å². The molecule has 0 saturated carbocycles. The molecule has 4 rings (SSSR count). The second kappa shape index (κ2) is 8.27. The summed E-state index contributed by atoms with van der Waals surface area (Å²) < 4.78 is 0. The molecule has 1 amide bonds. The van der Waals surface area contributed by atoms with Crippen LogP contribution in [0.3, 0.4) is 0 Å². The molecule has 1 aliphatic heterocycles. The molecule has 3 heterocycles. The number of piperidine rings is 1. The number of rotatable bonds is 5. The lowest BCUT2D eigenvalue weighted by Gasteiger charge is -2.32. The Morgan fingerprint density at radius 2 is 1.93 bits per heavy atom. The normalized spacial score (nSPS) is 15.1. The van der Waals surface area contributed by atoms with Gasteiger partial charge in [0.2, 0.25) is 5.91 Å². The van der Waals surface area contributed by atoms with Crippen LogP contribution in [0.5, 0.6) is 0 Å². The van der Waals surface area contributed by atoms with E-state index in [0.717, 1.165) is 48.4 Å². The number of nitrogens with zero attached hydrogens (tertiary/aromatic N) is 3. The summed E-state index contributed by atoms with van der Waals surface area (Å²) in [7, 11) is 0. The third-order valence-corrected chi connectivity index (χ3v) is 6.82. The SMILES string of the molecule is Cc1sc2ncnc(NCC(=O)N3CCC(Cc4ccccc4)CC3)c2c1C. The van der Waals surface area contributed by atoms with Gasteiger partial charge in [-0.05, 0) is 50.2 Å². The summed E-state index contributed by atoms with van der Waals surface area (Å²) in [4.78, 5) is 25.6. The molecule has 0 atom stereocenters. The standard InChI is InChI=1S/C22H26N4OS/c1-15-16(2)28-22-20(15)21(24-14-25-22)23-13-19(27)26-10-8-18(9-11-26)12-17-6-4-3-5-7-17/h3-7,14,18H,8-13H2,1-2H3,(H,23,24,25). The number of benzene rings is 1. The molecule has 1 fully saturated rings. The Kier molecular flexibility index (Phi) is 5.57. The van der Waals surface area contributed by atoms with E-state index in [4.69, 9.17) is 0 Å². The van der Waals surface area contributed by atoms with E-state index in [1.165, 1.54) is 16.0 Å². The van der Waals surface area contributed by atoms with Crippen molar-refractivity contribution in [1.29, 1.82) is 0 Å². The Balaban J connectivity index is 1.32. The number of amides is 1. The number of carbonyl (C=O) groups excluding carboxylic acids is 1. The minimum absolute atomic E-state index is 0.148. The third kappa shape index (κ3) is 4.02. The summed E-state index contributed by atoms with van der Waals surface area (Å²) >= 11 is 1.67. The highest BCUT2D eigenvalue weighted by molar-refractivity contribution is 7.18. The Labute approximate surface area is 169 Å². The van der Waals surface area contributed by atoms with Crippen molar-refractivity contribution in [3.05, 3.63) is 52.7 Å². The van der Waals surface area contributed by atoms with Gasteiger partial charge in [0.1, 0.15) is 17.0 Å². The van der Waals surface area contributed by atoms with E-state index < -0.39 is 0 Å². The predicted molar refractivity (Wildman–Crippen MR) is 115 cm³/mol. The fourth-order valence-corrected chi connectivity index (χ4v) is 4.92. The first kappa shape index (κ1) is 18.9. The molecule has 0 spiro atoms. The van der Waals surface area contributed by atoms with Gasteiger partial charge in [0, 0.05) is 18.0 Å². The number of likely N-dealkylation sites (tertiary alicyclic amines) is 1. The lowest BCUT2D eigenvalue weighted by Crippen LogP contribution is -2.41. The molecule has 0 bridgehead atoms. The number of hydrogen-bond donors (Lipinski definition) is 1. The van der Waals surface area contributed by atoms with Gasteiger partial charge in [-0.3, -0.25) is 4.79 Å². The van der Waals surface area contributed by atoms with Gasteiger partial charge in [-0.2, -0.15) is 0 Å². The van der Waals surface area contributed by atoms with Gasteiger partial charge in [0.15, 0.2) is 0 Å². The van der Waals surface area contributed by atoms with E-state index in [2.05, 4.69) is 59.5 Å². The maximum atomic E-state index is 12.7. The molecule has 0 aliphatic carbocycles. The maximum absolute atomic E-state index is 12.7. The molecule has 1 aliphatic rings. The lowest BCUT2D eigenvalue weighted by atomic mass is 9.90. The van der Waals surface area contributed by atoms with Gasteiger partial charge < -0.3 is 10.2 Å². The topological polar surface area (TPSA) is 58.1 Å². The van der Waals surface area contributed by atoms with Crippen LogP contribution in [0.4, 0.5) is 5.82 Å². The zero-order chi connectivity index (χ0) is 19.5. The number of aryl methyl sites for hydroxylation is 2. The van der Waals surface area contributed by atoms with Crippen molar-refractivity contribution in [2.75, 3.05) is 25.0 Å². The van der Waals surface area contributed by atoms with E-state index in [-0.39, 0.29) is 12.5 Å². The highest BCUT2D eigenvalue weighted by atomic mass is 32.1. The quantitative estimate of drug-likeness (QED) is 0.705. The number of thiophene rings is 1. The first-order valence-corrected chi connectivity index (χ1v) is 10.7. The molecule has 3 aromatic rings. The van der Waals surface area contributed by atoms with Crippen molar-refractivity contribution in [2.24, 2.45) is 5.92 Å². The second-order valence-corrected chi connectivity index (χ2v) is 8.76. The van der Waals surface area contributed by atoms with E-state index in [1.807, 2.05) is 4.90 Å². The molecule has 146 valence electrons.